The van der Waals surface area contributed by atoms with Crippen molar-refractivity contribution in [2.24, 2.45) is 5.41 Å². The average molecular weight is 245 g/mol. The number of ether oxygens (including phenoxy) is 1. The molecule has 0 aromatic rings. The predicted molar refractivity (Wildman–Crippen MR) is 69.0 cm³/mol. The predicted octanol–water partition coefficient (Wildman–Crippen LogP) is 2.65. The molecule has 0 rings (SSSR count). The molecular formula is C13H27NO3. The molecule has 17 heavy (non-hydrogen) atoms. The Morgan fingerprint density at radius 3 is 2.06 bits per heavy atom. The standard InChI is InChI=1S/C13H27NO3/c1-12(2,3)10-14(8-7-9-15)11(16)17-13(4,5)6/h15H,7-10H2,1-6H3. The van der Waals surface area contributed by atoms with Crippen LogP contribution in [0.1, 0.15) is 48.0 Å². The Labute approximate surface area is 105 Å². The van der Waals surface area contributed by atoms with Gasteiger partial charge in [0.15, 0.2) is 0 Å². The van der Waals surface area contributed by atoms with Crippen LogP contribution in [-0.4, -0.2) is 41.4 Å². The first-order chi connectivity index (χ1) is 7.55. The lowest BCUT2D eigenvalue weighted by molar-refractivity contribution is 0.0177. The summed E-state index contributed by atoms with van der Waals surface area (Å²) in [4.78, 5) is 13.6. The fraction of sp³-hybridized carbons (Fsp3) is 0.923. The molecule has 0 atom stereocenters. The van der Waals surface area contributed by atoms with E-state index in [0.29, 0.717) is 19.5 Å². The second kappa shape index (κ2) is 6.24. The van der Waals surface area contributed by atoms with Crippen molar-refractivity contribution in [1.29, 1.82) is 0 Å². The summed E-state index contributed by atoms with van der Waals surface area (Å²) in [6, 6.07) is 0. The van der Waals surface area contributed by atoms with Crippen LogP contribution in [0.15, 0.2) is 0 Å². The van der Waals surface area contributed by atoms with Crippen molar-refractivity contribution < 1.29 is 14.6 Å². The molecule has 0 spiro atoms. The maximum Gasteiger partial charge on any atom is 0.410 e. The molecule has 0 saturated heterocycles. The maximum absolute atomic E-state index is 12.0. The molecule has 1 amide bonds. The van der Waals surface area contributed by atoms with E-state index in [-0.39, 0.29) is 18.1 Å². The van der Waals surface area contributed by atoms with Crippen molar-refractivity contribution >= 4 is 6.09 Å². The van der Waals surface area contributed by atoms with E-state index < -0.39 is 5.60 Å². The van der Waals surface area contributed by atoms with E-state index in [4.69, 9.17) is 9.84 Å². The number of amides is 1. The fourth-order valence-corrected chi connectivity index (χ4v) is 1.40. The zero-order valence-corrected chi connectivity index (χ0v) is 12.0. The summed E-state index contributed by atoms with van der Waals surface area (Å²) in [7, 11) is 0. The second-order valence-corrected chi connectivity index (χ2v) is 6.54. The molecule has 4 heteroatoms. The number of aliphatic hydroxyl groups excluding tert-OH is 1. The van der Waals surface area contributed by atoms with Crippen LogP contribution in [0.2, 0.25) is 0 Å². The number of aliphatic hydroxyl groups is 1. The summed E-state index contributed by atoms with van der Waals surface area (Å²) in [5.41, 5.74) is -0.460. The van der Waals surface area contributed by atoms with Gasteiger partial charge in [-0.3, -0.25) is 0 Å². The molecule has 0 bridgehead atoms. The molecule has 4 nitrogen and oxygen atoms in total. The number of hydrogen-bond acceptors (Lipinski definition) is 3. The molecule has 0 aliphatic heterocycles. The third-order valence-corrected chi connectivity index (χ3v) is 1.90. The first-order valence-electron chi connectivity index (χ1n) is 6.14. The van der Waals surface area contributed by atoms with Gasteiger partial charge in [0.25, 0.3) is 0 Å². The lowest BCUT2D eigenvalue weighted by Gasteiger charge is -2.32. The zero-order valence-electron chi connectivity index (χ0n) is 12.0. The van der Waals surface area contributed by atoms with Crippen LogP contribution in [0.3, 0.4) is 0 Å². The highest BCUT2D eigenvalue weighted by Gasteiger charge is 2.25. The minimum atomic E-state index is -0.480. The quantitative estimate of drug-likeness (QED) is 0.828. The first kappa shape index (κ1) is 16.2. The molecule has 0 aromatic heterocycles. The van der Waals surface area contributed by atoms with Crippen LogP contribution in [-0.2, 0) is 4.74 Å². The third kappa shape index (κ3) is 8.98. The monoisotopic (exact) mass is 245 g/mol. The van der Waals surface area contributed by atoms with Gasteiger partial charge in [-0.2, -0.15) is 0 Å². The molecule has 0 unspecified atom stereocenters. The number of carbonyl (C=O) groups is 1. The van der Waals surface area contributed by atoms with Crippen molar-refractivity contribution in [1.82, 2.24) is 4.90 Å². The summed E-state index contributed by atoms with van der Waals surface area (Å²) in [5.74, 6) is 0. The molecule has 102 valence electrons. The highest BCUT2D eigenvalue weighted by atomic mass is 16.6. The molecule has 0 saturated carbocycles. The van der Waals surface area contributed by atoms with Gasteiger partial charge < -0.3 is 14.7 Å². The van der Waals surface area contributed by atoms with Crippen molar-refractivity contribution in [2.45, 2.75) is 53.6 Å². The topological polar surface area (TPSA) is 49.8 Å². The summed E-state index contributed by atoms with van der Waals surface area (Å²) >= 11 is 0. The number of hydrogen-bond donors (Lipinski definition) is 1. The zero-order chi connectivity index (χ0) is 13.7. The van der Waals surface area contributed by atoms with Crippen LogP contribution in [0.4, 0.5) is 4.79 Å². The lowest BCUT2D eigenvalue weighted by Crippen LogP contribution is -2.42. The Balaban J connectivity index is 4.51. The highest BCUT2D eigenvalue weighted by molar-refractivity contribution is 5.68. The van der Waals surface area contributed by atoms with Crippen LogP contribution in [0.5, 0.6) is 0 Å². The molecule has 0 aliphatic rings. The van der Waals surface area contributed by atoms with E-state index >= 15 is 0 Å². The van der Waals surface area contributed by atoms with Gasteiger partial charge in [-0.1, -0.05) is 20.8 Å². The largest absolute Gasteiger partial charge is 0.444 e. The van der Waals surface area contributed by atoms with Crippen molar-refractivity contribution in [3.05, 3.63) is 0 Å². The molecule has 0 radical (unpaired) electrons. The smallest absolute Gasteiger partial charge is 0.410 e. The molecule has 0 aliphatic carbocycles. The third-order valence-electron chi connectivity index (χ3n) is 1.90. The Hall–Kier alpha value is -0.770. The van der Waals surface area contributed by atoms with E-state index in [1.165, 1.54) is 0 Å². The van der Waals surface area contributed by atoms with Gasteiger partial charge in [-0.25, -0.2) is 4.79 Å². The Morgan fingerprint density at radius 2 is 1.71 bits per heavy atom. The van der Waals surface area contributed by atoms with Gasteiger partial charge in [-0.15, -0.1) is 0 Å². The Bertz CT molecular complexity index is 238. The van der Waals surface area contributed by atoms with E-state index in [1.54, 1.807) is 4.90 Å². The number of rotatable bonds is 4. The number of carbonyl (C=O) groups excluding carboxylic acids is 1. The van der Waals surface area contributed by atoms with Crippen LogP contribution >= 0.6 is 0 Å². The van der Waals surface area contributed by atoms with E-state index in [2.05, 4.69) is 20.8 Å². The summed E-state index contributed by atoms with van der Waals surface area (Å²) in [6.07, 6.45) is 0.274. The van der Waals surface area contributed by atoms with Crippen LogP contribution in [0, 0.1) is 5.41 Å². The molecule has 0 heterocycles. The first-order valence-corrected chi connectivity index (χ1v) is 6.14. The van der Waals surface area contributed by atoms with Crippen LogP contribution < -0.4 is 0 Å². The maximum atomic E-state index is 12.0. The minimum Gasteiger partial charge on any atom is -0.444 e. The molecule has 0 aromatic carbocycles. The van der Waals surface area contributed by atoms with Gasteiger partial charge in [0, 0.05) is 19.7 Å². The van der Waals surface area contributed by atoms with E-state index in [1.807, 2.05) is 20.8 Å². The molecule has 1 N–H and O–H groups in total. The SMILES string of the molecule is CC(C)(C)CN(CCCO)C(=O)OC(C)(C)C. The van der Waals surface area contributed by atoms with Gasteiger partial charge in [0.1, 0.15) is 5.60 Å². The van der Waals surface area contributed by atoms with E-state index in [9.17, 15) is 4.79 Å². The van der Waals surface area contributed by atoms with Crippen molar-refractivity contribution in [3.63, 3.8) is 0 Å². The van der Waals surface area contributed by atoms with Crippen molar-refractivity contribution in [2.75, 3.05) is 19.7 Å². The lowest BCUT2D eigenvalue weighted by atomic mass is 9.96. The minimum absolute atomic E-state index is 0.0202. The summed E-state index contributed by atoms with van der Waals surface area (Å²) in [6.45, 7) is 13.0. The van der Waals surface area contributed by atoms with Crippen LogP contribution in [0.25, 0.3) is 0 Å². The summed E-state index contributed by atoms with van der Waals surface area (Å²) < 4.78 is 5.35. The molecule has 0 fully saturated rings. The van der Waals surface area contributed by atoms with Gasteiger partial charge in [-0.05, 0) is 32.6 Å². The van der Waals surface area contributed by atoms with Gasteiger partial charge in [0.05, 0.1) is 0 Å². The normalized spacial score (nSPS) is 12.4. The summed E-state index contributed by atoms with van der Waals surface area (Å²) in [5, 5.41) is 8.85. The van der Waals surface area contributed by atoms with E-state index in [0.717, 1.165) is 0 Å². The Kier molecular flexibility index (Phi) is 5.96. The van der Waals surface area contributed by atoms with Crippen molar-refractivity contribution in [3.8, 4) is 0 Å². The second-order valence-electron chi connectivity index (χ2n) is 6.54. The van der Waals surface area contributed by atoms with Gasteiger partial charge >= 0.3 is 6.09 Å². The molecular weight excluding hydrogens is 218 g/mol. The highest BCUT2D eigenvalue weighted by Crippen LogP contribution is 2.18. The van der Waals surface area contributed by atoms with Gasteiger partial charge in [0.2, 0.25) is 0 Å². The Morgan fingerprint density at radius 1 is 1.18 bits per heavy atom. The average Bonchev–Trinajstić information content (AvgIpc) is 2.07. The fourth-order valence-electron chi connectivity index (χ4n) is 1.40. The number of nitrogens with zero attached hydrogens (tertiary/aromatic N) is 1.